The lowest BCUT2D eigenvalue weighted by Gasteiger charge is -2.13. The topological polar surface area (TPSA) is 64.3 Å². The number of benzene rings is 1. The summed E-state index contributed by atoms with van der Waals surface area (Å²) in [5.74, 6) is 0.970. The summed E-state index contributed by atoms with van der Waals surface area (Å²) in [5.41, 5.74) is 1.54. The van der Waals surface area contributed by atoms with Crippen LogP contribution in [0.2, 0.25) is 5.02 Å². The van der Waals surface area contributed by atoms with Gasteiger partial charge in [-0.1, -0.05) is 11.6 Å². The summed E-state index contributed by atoms with van der Waals surface area (Å²) in [6.45, 7) is 2.36. The smallest absolute Gasteiger partial charge is 0.298 e. The molecule has 1 unspecified atom stereocenters. The summed E-state index contributed by atoms with van der Waals surface area (Å²) in [4.78, 5) is 14.8. The van der Waals surface area contributed by atoms with Crippen LogP contribution in [-0.4, -0.2) is 34.6 Å². The van der Waals surface area contributed by atoms with Crippen molar-refractivity contribution in [1.29, 1.82) is 0 Å². The molecule has 118 valence electrons. The fourth-order valence-corrected chi connectivity index (χ4v) is 2.90. The van der Waals surface area contributed by atoms with E-state index in [4.69, 9.17) is 20.8 Å². The molecule has 0 spiro atoms. The molecular weight excluding hydrogens is 316 g/mol. The lowest BCUT2D eigenvalue weighted by atomic mass is 10.1. The van der Waals surface area contributed by atoms with Gasteiger partial charge in [0.25, 0.3) is 6.01 Å². The molecular formula is C16H15ClN4O2. The second-order valence-corrected chi connectivity index (χ2v) is 6.00. The van der Waals surface area contributed by atoms with Gasteiger partial charge in [0.2, 0.25) is 5.88 Å². The normalized spacial score (nSPS) is 17.8. The number of anilines is 1. The molecule has 2 aromatic heterocycles. The monoisotopic (exact) mass is 330 g/mol. The van der Waals surface area contributed by atoms with Crippen molar-refractivity contribution in [2.45, 2.75) is 6.42 Å². The Morgan fingerprint density at radius 2 is 2.30 bits per heavy atom. The zero-order valence-electron chi connectivity index (χ0n) is 12.4. The van der Waals surface area contributed by atoms with Crippen LogP contribution in [0.25, 0.3) is 11.1 Å². The van der Waals surface area contributed by atoms with E-state index in [0.29, 0.717) is 29.4 Å². The van der Waals surface area contributed by atoms with E-state index in [1.54, 1.807) is 24.7 Å². The molecule has 1 saturated heterocycles. The molecule has 4 rings (SSSR count). The summed E-state index contributed by atoms with van der Waals surface area (Å²) in [6.07, 6.45) is 5.90. The van der Waals surface area contributed by atoms with Gasteiger partial charge in [0, 0.05) is 36.4 Å². The average molecular weight is 331 g/mol. The SMILES string of the molecule is Clc1ccc2oc(N3CCC(COc4cnccn4)C3)nc2c1. The summed E-state index contributed by atoms with van der Waals surface area (Å²) in [7, 11) is 0. The Morgan fingerprint density at radius 1 is 1.35 bits per heavy atom. The van der Waals surface area contributed by atoms with Crippen LogP contribution < -0.4 is 9.64 Å². The second kappa shape index (κ2) is 6.04. The molecule has 1 aliphatic rings. The minimum absolute atomic E-state index is 0.413. The van der Waals surface area contributed by atoms with Crippen molar-refractivity contribution in [3.63, 3.8) is 0 Å². The summed E-state index contributed by atoms with van der Waals surface area (Å²) >= 11 is 5.99. The lowest BCUT2D eigenvalue weighted by Crippen LogP contribution is -2.22. The fraction of sp³-hybridized carbons (Fsp3) is 0.312. The van der Waals surface area contributed by atoms with Gasteiger partial charge in [0.1, 0.15) is 5.52 Å². The molecule has 1 aromatic carbocycles. The van der Waals surface area contributed by atoms with Gasteiger partial charge >= 0.3 is 0 Å². The maximum atomic E-state index is 5.99. The van der Waals surface area contributed by atoms with Crippen LogP contribution in [0.5, 0.6) is 5.88 Å². The maximum Gasteiger partial charge on any atom is 0.298 e. The van der Waals surface area contributed by atoms with Gasteiger partial charge in [-0.2, -0.15) is 4.98 Å². The predicted molar refractivity (Wildman–Crippen MR) is 86.9 cm³/mol. The molecule has 1 fully saturated rings. The zero-order valence-corrected chi connectivity index (χ0v) is 13.1. The van der Waals surface area contributed by atoms with Crippen LogP contribution in [0.4, 0.5) is 6.01 Å². The standard InChI is InChI=1S/C16H15ClN4O2/c17-12-1-2-14-13(7-12)20-16(23-14)21-6-3-11(9-21)10-22-15-8-18-4-5-19-15/h1-2,4-5,7-8,11H,3,6,9-10H2. The summed E-state index contributed by atoms with van der Waals surface area (Å²) in [5, 5.41) is 0.661. The number of nitrogens with zero attached hydrogens (tertiary/aromatic N) is 4. The molecule has 1 atom stereocenters. The molecule has 0 saturated carbocycles. The van der Waals surface area contributed by atoms with Gasteiger partial charge in [-0.15, -0.1) is 0 Å². The molecule has 6 nitrogen and oxygen atoms in total. The number of ether oxygens (including phenoxy) is 1. The number of hydrogen-bond acceptors (Lipinski definition) is 6. The molecule has 0 amide bonds. The third-order valence-corrected chi connectivity index (χ3v) is 4.14. The molecule has 0 radical (unpaired) electrons. The highest BCUT2D eigenvalue weighted by atomic mass is 35.5. The first-order chi connectivity index (χ1) is 11.3. The highest BCUT2D eigenvalue weighted by Crippen LogP contribution is 2.28. The van der Waals surface area contributed by atoms with E-state index < -0.39 is 0 Å². The number of aromatic nitrogens is 3. The van der Waals surface area contributed by atoms with Crippen LogP contribution in [-0.2, 0) is 0 Å². The summed E-state index contributed by atoms with van der Waals surface area (Å²) < 4.78 is 11.5. The Hall–Kier alpha value is -2.34. The van der Waals surface area contributed by atoms with E-state index in [-0.39, 0.29) is 0 Å². The van der Waals surface area contributed by atoms with Crippen molar-refractivity contribution >= 4 is 28.7 Å². The zero-order chi connectivity index (χ0) is 15.6. The third-order valence-electron chi connectivity index (χ3n) is 3.90. The predicted octanol–water partition coefficient (Wildman–Crippen LogP) is 3.18. The Bertz CT molecular complexity index is 808. The minimum atomic E-state index is 0.413. The van der Waals surface area contributed by atoms with Gasteiger partial charge in [0.15, 0.2) is 5.58 Å². The van der Waals surface area contributed by atoms with Gasteiger partial charge in [-0.3, -0.25) is 4.98 Å². The van der Waals surface area contributed by atoms with E-state index >= 15 is 0 Å². The molecule has 1 aliphatic heterocycles. The van der Waals surface area contributed by atoms with Gasteiger partial charge in [-0.25, -0.2) is 4.98 Å². The first kappa shape index (κ1) is 14.3. The van der Waals surface area contributed by atoms with Crippen LogP contribution in [0, 0.1) is 5.92 Å². The van der Waals surface area contributed by atoms with E-state index in [1.165, 1.54) is 0 Å². The van der Waals surface area contributed by atoms with Gasteiger partial charge in [0.05, 0.1) is 12.8 Å². The first-order valence-corrected chi connectivity index (χ1v) is 7.85. The Morgan fingerprint density at radius 3 is 3.17 bits per heavy atom. The Labute approximate surface area is 138 Å². The van der Waals surface area contributed by atoms with Crippen molar-refractivity contribution in [1.82, 2.24) is 15.0 Å². The Balaban J connectivity index is 1.41. The van der Waals surface area contributed by atoms with Crippen molar-refractivity contribution in [2.75, 3.05) is 24.6 Å². The van der Waals surface area contributed by atoms with Gasteiger partial charge < -0.3 is 14.1 Å². The molecule has 23 heavy (non-hydrogen) atoms. The molecule has 7 heteroatoms. The Kier molecular flexibility index (Phi) is 3.75. The van der Waals surface area contributed by atoms with E-state index in [2.05, 4.69) is 19.9 Å². The van der Waals surface area contributed by atoms with Crippen LogP contribution in [0.3, 0.4) is 0 Å². The van der Waals surface area contributed by atoms with E-state index in [9.17, 15) is 0 Å². The van der Waals surface area contributed by atoms with Crippen LogP contribution >= 0.6 is 11.6 Å². The number of fused-ring (bicyclic) bond motifs is 1. The summed E-state index contributed by atoms with van der Waals surface area (Å²) in [6, 6.07) is 6.11. The molecule has 3 aromatic rings. The number of oxazole rings is 1. The number of hydrogen-bond donors (Lipinski definition) is 0. The second-order valence-electron chi connectivity index (χ2n) is 5.56. The largest absolute Gasteiger partial charge is 0.476 e. The van der Waals surface area contributed by atoms with E-state index in [1.807, 2.05) is 12.1 Å². The molecule has 0 N–H and O–H groups in total. The van der Waals surface area contributed by atoms with Gasteiger partial charge in [-0.05, 0) is 24.6 Å². The lowest BCUT2D eigenvalue weighted by molar-refractivity contribution is 0.251. The minimum Gasteiger partial charge on any atom is -0.476 e. The van der Waals surface area contributed by atoms with Crippen molar-refractivity contribution in [3.8, 4) is 5.88 Å². The maximum absolute atomic E-state index is 5.99. The average Bonchev–Trinajstić information content (AvgIpc) is 3.20. The van der Waals surface area contributed by atoms with Crippen LogP contribution in [0.15, 0.2) is 41.2 Å². The highest BCUT2D eigenvalue weighted by molar-refractivity contribution is 6.31. The fourth-order valence-electron chi connectivity index (χ4n) is 2.73. The molecule has 0 aliphatic carbocycles. The first-order valence-electron chi connectivity index (χ1n) is 7.48. The van der Waals surface area contributed by atoms with Crippen molar-refractivity contribution < 1.29 is 9.15 Å². The number of halogens is 1. The highest BCUT2D eigenvalue weighted by Gasteiger charge is 2.26. The molecule has 3 heterocycles. The quantitative estimate of drug-likeness (QED) is 0.732. The third kappa shape index (κ3) is 3.07. The number of rotatable bonds is 4. The van der Waals surface area contributed by atoms with Crippen molar-refractivity contribution in [3.05, 3.63) is 41.8 Å². The van der Waals surface area contributed by atoms with Crippen LogP contribution in [0.1, 0.15) is 6.42 Å². The van der Waals surface area contributed by atoms with Crippen molar-refractivity contribution in [2.24, 2.45) is 5.92 Å². The molecule has 0 bridgehead atoms. The van der Waals surface area contributed by atoms with E-state index in [0.717, 1.165) is 30.6 Å².